The van der Waals surface area contributed by atoms with Crippen LogP contribution >= 0.6 is 11.3 Å². The molecule has 2 heterocycles. The third-order valence-corrected chi connectivity index (χ3v) is 5.41. The monoisotopic (exact) mass is 359 g/mol. The van der Waals surface area contributed by atoms with Crippen LogP contribution in [0, 0.1) is 12.7 Å². The maximum absolute atomic E-state index is 13.7. The van der Waals surface area contributed by atoms with E-state index in [1.807, 2.05) is 12.3 Å². The lowest BCUT2D eigenvalue weighted by Gasteiger charge is -2.17. The molecule has 1 aliphatic carbocycles. The topological polar surface area (TPSA) is 67.3 Å². The molecule has 7 heteroatoms. The second-order valence-corrected chi connectivity index (χ2v) is 7.15. The minimum Gasteiger partial charge on any atom is -0.488 e. The SMILES string of the molecule is Cc1csc2ncnc(Nc3ccc(F)cc3O[C@H]3CC[C@@H](O)C3)c12. The third-order valence-electron chi connectivity index (χ3n) is 4.40. The Morgan fingerprint density at radius 3 is 3.00 bits per heavy atom. The normalized spacial score (nSPS) is 20.1. The second kappa shape index (κ2) is 6.57. The van der Waals surface area contributed by atoms with Crippen LogP contribution in [0.5, 0.6) is 5.75 Å². The zero-order valence-electron chi connectivity index (χ0n) is 13.7. The average molecular weight is 359 g/mol. The summed E-state index contributed by atoms with van der Waals surface area (Å²) in [5.74, 6) is 0.740. The molecular formula is C18H18FN3O2S. The van der Waals surface area contributed by atoms with Gasteiger partial charge in [0.15, 0.2) is 0 Å². The van der Waals surface area contributed by atoms with E-state index in [-0.39, 0.29) is 18.0 Å². The number of thiophene rings is 1. The summed E-state index contributed by atoms with van der Waals surface area (Å²) in [5.41, 5.74) is 1.74. The molecule has 2 atom stereocenters. The Morgan fingerprint density at radius 2 is 2.20 bits per heavy atom. The van der Waals surface area contributed by atoms with Crippen LogP contribution in [-0.2, 0) is 0 Å². The number of anilines is 2. The molecule has 4 rings (SSSR count). The van der Waals surface area contributed by atoms with Crippen molar-refractivity contribution in [3.8, 4) is 5.75 Å². The van der Waals surface area contributed by atoms with E-state index in [0.717, 1.165) is 22.2 Å². The smallest absolute Gasteiger partial charge is 0.146 e. The van der Waals surface area contributed by atoms with Gasteiger partial charge in [0.1, 0.15) is 34.6 Å². The predicted molar refractivity (Wildman–Crippen MR) is 96.1 cm³/mol. The molecule has 1 fully saturated rings. The van der Waals surface area contributed by atoms with Gasteiger partial charge in [-0.25, -0.2) is 14.4 Å². The number of hydrogen-bond donors (Lipinski definition) is 2. The molecule has 1 aliphatic rings. The highest BCUT2D eigenvalue weighted by Crippen LogP contribution is 2.35. The van der Waals surface area contributed by atoms with Crippen molar-refractivity contribution in [2.24, 2.45) is 0 Å². The van der Waals surface area contributed by atoms with Crippen molar-refractivity contribution in [3.05, 3.63) is 41.3 Å². The lowest BCUT2D eigenvalue weighted by Crippen LogP contribution is -2.14. The van der Waals surface area contributed by atoms with Crippen LogP contribution in [0.4, 0.5) is 15.9 Å². The first-order valence-electron chi connectivity index (χ1n) is 8.20. The third kappa shape index (κ3) is 3.29. The van der Waals surface area contributed by atoms with Gasteiger partial charge < -0.3 is 15.2 Å². The summed E-state index contributed by atoms with van der Waals surface area (Å²) < 4.78 is 19.7. The Balaban J connectivity index is 1.66. The minimum absolute atomic E-state index is 0.106. The van der Waals surface area contributed by atoms with Gasteiger partial charge in [-0.1, -0.05) is 0 Å². The Hall–Kier alpha value is -2.25. The molecule has 0 bridgehead atoms. The van der Waals surface area contributed by atoms with Crippen molar-refractivity contribution in [1.82, 2.24) is 9.97 Å². The van der Waals surface area contributed by atoms with Crippen LogP contribution in [0.3, 0.4) is 0 Å². The molecule has 0 saturated heterocycles. The van der Waals surface area contributed by atoms with Crippen molar-refractivity contribution in [2.75, 3.05) is 5.32 Å². The highest BCUT2D eigenvalue weighted by Gasteiger charge is 2.25. The molecule has 5 nitrogen and oxygen atoms in total. The standard InChI is InChI=1S/C18H18FN3O2S/c1-10-8-25-18-16(10)17(20-9-21-18)22-14-5-2-11(19)6-15(14)24-13-4-3-12(23)7-13/h2,5-6,8-9,12-13,23H,3-4,7H2,1H3,(H,20,21,22)/t12-,13+/m1/s1. The molecule has 2 aromatic heterocycles. The van der Waals surface area contributed by atoms with Gasteiger partial charge in [-0.15, -0.1) is 11.3 Å². The minimum atomic E-state index is -0.362. The van der Waals surface area contributed by atoms with E-state index in [9.17, 15) is 9.50 Å². The molecule has 3 aromatic rings. The summed E-state index contributed by atoms with van der Waals surface area (Å²) in [6, 6.07) is 4.40. The largest absolute Gasteiger partial charge is 0.488 e. The Bertz CT molecular complexity index is 914. The Kier molecular flexibility index (Phi) is 4.27. The van der Waals surface area contributed by atoms with Crippen LogP contribution in [0.25, 0.3) is 10.2 Å². The highest BCUT2D eigenvalue weighted by molar-refractivity contribution is 7.17. The number of aryl methyl sites for hydroxylation is 1. The summed E-state index contributed by atoms with van der Waals surface area (Å²) in [7, 11) is 0. The molecule has 0 radical (unpaired) electrons. The number of ether oxygens (including phenoxy) is 1. The lowest BCUT2D eigenvalue weighted by atomic mass is 10.2. The van der Waals surface area contributed by atoms with Crippen molar-refractivity contribution in [2.45, 2.75) is 38.4 Å². The van der Waals surface area contributed by atoms with Crippen LogP contribution in [0.1, 0.15) is 24.8 Å². The first-order valence-corrected chi connectivity index (χ1v) is 9.08. The van der Waals surface area contributed by atoms with Crippen LogP contribution in [0.2, 0.25) is 0 Å². The van der Waals surface area contributed by atoms with Crippen LogP contribution in [-0.4, -0.2) is 27.3 Å². The number of nitrogens with one attached hydrogen (secondary N) is 1. The van der Waals surface area contributed by atoms with E-state index in [0.29, 0.717) is 30.1 Å². The summed E-state index contributed by atoms with van der Waals surface area (Å²) in [6.45, 7) is 2.01. The molecule has 0 unspecified atom stereocenters. The van der Waals surface area contributed by atoms with Crippen molar-refractivity contribution < 1.29 is 14.2 Å². The van der Waals surface area contributed by atoms with Crippen LogP contribution < -0.4 is 10.1 Å². The Morgan fingerprint density at radius 1 is 1.32 bits per heavy atom. The fraction of sp³-hybridized carbons (Fsp3) is 0.333. The molecule has 1 saturated carbocycles. The quantitative estimate of drug-likeness (QED) is 0.732. The molecule has 1 aromatic carbocycles. The van der Waals surface area contributed by atoms with Gasteiger partial charge in [0.25, 0.3) is 0 Å². The average Bonchev–Trinajstić information content (AvgIpc) is 3.17. The summed E-state index contributed by atoms with van der Waals surface area (Å²) in [6.07, 6.45) is 3.10. The van der Waals surface area contributed by atoms with Crippen molar-refractivity contribution >= 4 is 33.1 Å². The molecule has 0 amide bonds. The first kappa shape index (κ1) is 16.2. The first-order chi connectivity index (χ1) is 12.1. The van der Waals surface area contributed by atoms with E-state index < -0.39 is 0 Å². The number of aliphatic hydroxyl groups excluding tert-OH is 1. The van der Waals surface area contributed by atoms with E-state index in [4.69, 9.17) is 4.74 Å². The van der Waals surface area contributed by atoms with Gasteiger partial charge >= 0.3 is 0 Å². The zero-order valence-corrected chi connectivity index (χ0v) is 14.5. The molecule has 0 aliphatic heterocycles. The Labute approximate surface area is 148 Å². The van der Waals surface area contributed by atoms with E-state index in [1.54, 1.807) is 17.4 Å². The number of hydrogen-bond acceptors (Lipinski definition) is 6. The maximum atomic E-state index is 13.7. The number of benzene rings is 1. The number of aliphatic hydroxyl groups is 1. The molecule has 25 heavy (non-hydrogen) atoms. The van der Waals surface area contributed by atoms with E-state index in [1.165, 1.54) is 18.5 Å². The van der Waals surface area contributed by atoms with Gasteiger partial charge in [0.2, 0.25) is 0 Å². The molecular weight excluding hydrogens is 341 g/mol. The fourth-order valence-electron chi connectivity index (χ4n) is 3.14. The van der Waals surface area contributed by atoms with Crippen molar-refractivity contribution in [3.63, 3.8) is 0 Å². The fourth-order valence-corrected chi connectivity index (χ4v) is 4.03. The maximum Gasteiger partial charge on any atom is 0.146 e. The molecule has 130 valence electrons. The van der Waals surface area contributed by atoms with Gasteiger partial charge in [-0.05, 0) is 42.8 Å². The number of aromatic nitrogens is 2. The van der Waals surface area contributed by atoms with Gasteiger partial charge in [-0.3, -0.25) is 0 Å². The molecule has 0 spiro atoms. The van der Waals surface area contributed by atoms with Gasteiger partial charge in [-0.2, -0.15) is 0 Å². The predicted octanol–water partition coefficient (Wildman–Crippen LogP) is 4.17. The zero-order chi connectivity index (χ0) is 17.4. The highest BCUT2D eigenvalue weighted by atomic mass is 32.1. The second-order valence-electron chi connectivity index (χ2n) is 6.29. The summed E-state index contributed by atoms with van der Waals surface area (Å²) in [5, 5.41) is 15.9. The van der Waals surface area contributed by atoms with E-state index >= 15 is 0 Å². The summed E-state index contributed by atoms with van der Waals surface area (Å²) >= 11 is 1.56. The van der Waals surface area contributed by atoms with Gasteiger partial charge in [0.05, 0.1) is 17.2 Å². The van der Waals surface area contributed by atoms with E-state index in [2.05, 4.69) is 15.3 Å². The summed E-state index contributed by atoms with van der Waals surface area (Å²) in [4.78, 5) is 9.52. The number of fused-ring (bicyclic) bond motifs is 1. The van der Waals surface area contributed by atoms with Crippen LogP contribution in [0.15, 0.2) is 29.9 Å². The van der Waals surface area contributed by atoms with Gasteiger partial charge in [0, 0.05) is 12.5 Å². The number of halogens is 1. The number of nitrogens with zero attached hydrogens (tertiary/aromatic N) is 2. The molecule has 2 N–H and O–H groups in total. The lowest BCUT2D eigenvalue weighted by molar-refractivity contribution is 0.150. The van der Waals surface area contributed by atoms with Crippen molar-refractivity contribution in [1.29, 1.82) is 0 Å². The number of rotatable bonds is 4.